The molecule has 0 amide bonds. The van der Waals surface area contributed by atoms with Gasteiger partial charge in [0.05, 0.1) is 26.4 Å². The normalized spacial score (nSPS) is 12.0. The number of ether oxygens (including phenoxy) is 2. The highest BCUT2D eigenvalue weighted by atomic mass is 19.4. The van der Waals surface area contributed by atoms with E-state index < -0.39 is 12.7 Å². The standard InChI is InChI=1S/C9H18F3NO2/c1-2-4-14-6-7-15-5-3-13-8-9(10,11)12/h13H,2-8H2,1H3. The summed E-state index contributed by atoms with van der Waals surface area (Å²) in [5.74, 6) is 0. The molecule has 0 aromatic heterocycles. The Morgan fingerprint density at radius 2 is 1.60 bits per heavy atom. The average Bonchev–Trinajstić information content (AvgIpc) is 2.14. The number of hydrogen-bond acceptors (Lipinski definition) is 3. The maximum absolute atomic E-state index is 11.6. The van der Waals surface area contributed by atoms with Gasteiger partial charge in [0.25, 0.3) is 0 Å². The summed E-state index contributed by atoms with van der Waals surface area (Å²) < 4.78 is 45.1. The second-order valence-electron chi connectivity index (χ2n) is 3.02. The van der Waals surface area contributed by atoms with Crippen LogP contribution in [0, 0.1) is 0 Å². The van der Waals surface area contributed by atoms with Gasteiger partial charge < -0.3 is 14.8 Å². The van der Waals surface area contributed by atoms with E-state index in [1.54, 1.807) is 0 Å². The van der Waals surface area contributed by atoms with E-state index >= 15 is 0 Å². The molecule has 0 saturated heterocycles. The molecule has 0 aliphatic carbocycles. The van der Waals surface area contributed by atoms with Crippen molar-refractivity contribution in [2.24, 2.45) is 0 Å². The summed E-state index contributed by atoms with van der Waals surface area (Å²) in [5.41, 5.74) is 0. The van der Waals surface area contributed by atoms with Gasteiger partial charge in [-0.05, 0) is 6.42 Å². The van der Waals surface area contributed by atoms with Crippen LogP contribution >= 0.6 is 0 Å². The molecule has 0 unspecified atom stereocenters. The summed E-state index contributed by atoms with van der Waals surface area (Å²) >= 11 is 0. The molecule has 0 rings (SSSR count). The predicted molar refractivity (Wildman–Crippen MR) is 50.9 cm³/mol. The van der Waals surface area contributed by atoms with E-state index in [0.29, 0.717) is 19.8 Å². The number of halogens is 3. The minimum atomic E-state index is -4.15. The molecule has 0 fully saturated rings. The van der Waals surface area contributed by atoms with Gasteiger partial charge in [-0.2, -0.15) is 13.2 Å². The van der Waals surface area contributed by atoms with Crippen LogP contribution in [0.4, 0.5) is 13.2 Å². The van der Waals surface area contributed by atoms with Crippen LogP contribution < -0.4 is 5.32 Å². The molecule has 0 atom stereocenters. The van der Waals surface area contributed by atoms with Crippen LogP contribution in [0.2, 0.25) is 0 Å². The van der Waals surface area contributed by atoms with E-state index in [1.807, 2.05) is 6.92 Å². The molecule has 0 bridgehead atoms. The summed E-state index contributed by atoms with van der Waals surface area (Å²) in [6.45, 7) is 3.11. The van der Waals surface area contributed by atoms with Gasteiger partial charge in [-0.3, -0.25) is 0 Å². The van der Waals surface area contributed by atoms with E-state index in [9.17, 15) is 13.2 Å². The van der Waals surface area contributed by atoms with Gasteiger partial charge >= 0.3 is 6.18 Å². The smallest absolute Gasteiger partial charge is 0.379 e. The fourth-order valence-electron chi connectivity index (χ4n) is 0.841. The van der Waals surface area contributed by atoms with Crippen molar-refractivity contribution in [1.82, 2.24) is 5.32 Å². The zero-order valence-electron chi connectivity index (χ0n) is 8.90. The van der Waals surface area contributed by atoms with Crippen molar-refractivity contribution in [3.63, 3.8) is 0 Å². The van der Waals surface area contributed by atoms with E-state index in [0.717, 1.165) is 6.42 Å². The van der Waals surface area contributed by atoms with E-state index in [4.69, 9.17) is 9.47 Å². The molecule has 3 nitrogen and oxygen atoms in total. The van der Waals surface area contributed by atoms with Crippen molar-refractivity contribution in [1.29, 1.82) is 0 Å². The van der Waals surface area contributed by atoms with Gasteiger partial charge in [-0.1, -0.05) is 6.92 Å². The van der Waals surface area contributed by atoms with Gasteiger partial charge in [0, 0.05) is 13.2 Å². The quantitative estimate of drug-likeness (QED) is 0.609. The molecule has 0 aromatic rings. The number of rotatable bonds is 9. The maximum atomic E-state index is 11.6. The van der Waals surface area contributed by atoms with Gasteiger partial charge in [-0.25, -0.2) is 0 Å². The fourth-order valence-corrected chi connectivity index (χ4v) is 0.841. The van der Waals surface area contributed by atoms with Crippen molar-refractivity contribution in [3.8, 4) is 0 Å². The van der Waals surface area contributed by atoms with Crippen molar-refractivity contribution < 1.29 is 22.6 Å². The number of hydrogen-bond donors (Lipinski definition) is 1. The van der Waals surface area contributed by atoms with Crippen LogP contribution in [0.15, 0.2) is 0 Å². The summed E-state index contributed by atoms with van der Waals surface area (Å²) in [5, 5.41) is 2.24. The lowest BCUT2D eigenvalue weighted by Gasteiger charge is -2.08. The summed E-state index contributed by atoms with van der Waals surface area (Å²) in [6.07, 6.45) is -3.20. The molecule has 0 radical (unpaired) electrons. The minimum absolute atomic E-state index is 0.202. The Balaban J connectivity index is 2.99. The molecular formula is C9H18F3NO2. The zero-order valence-corrected chi connectivity index (χ0v) is 8.90. The van der Waals surface area contributed by atoms with Crippen LogP contribution in [0.3, 0.4) is 0 Å². The number of nitrogens with one attached hydrogen (secondary N) is 1. The largest absolute Gasteiger partial charge is 0.401 e. The van der Waals surface area contributed by atoms with Crippen LogP contribution in [0.5, 0.6) is 0 Å². The Hall–Kier alpha value is -0.330. The molecule has 0 saturated carbocycles. The maximum Gasteiger partial charge on any atom is 0.401 e. The molecule has 6 heteroatoms. The minimum Gasteiger partial charge on any atom is -0.379 e. The van der Waals surface area contributed by atoms with Gasteiger partial charge in [-0.15, -0.1) is 0 Å². The summed E-state index contributed by atoms with van der Waals surface area (Å²) in [6, 6.07) is 0. The lowest BCUT2D eigenvalue weighted by molar-refractivity contribution is -0.125. The van der Waals surface area contributed by atoms with E-state index in [-0.39, 0.29) is 13.2 Å². The Kier molecular flexibility index (Phi) is 8.74. The van der Waals surface area contributed by atoms with Crippen LogP contribution in [-0.2, 0) is 9.47 Å². The van der Waals surface area contributed by atoms with Crippen molar-refractivity contribution >= 4 is 0 Å². The molecule has 0 aliphatic heterocycles. The molecule has 0 spiro atoms. The molecular weight excluding hydrogens is 211 g/mol. The highest BCUT2D eigenvalue weighted by Gasteiger charge is 2.25. The Morgan fingerprint density at radius 1 is 1.00 bits per heavy atom. The Labute approximate surface area is 87.9 Å². The Morgan fingerprint density at radius 3 is 2.13 bits per heavy atom. The summed E-state index contributed by atoms with van der Waals surface area (Å²) in [7, 11) is 0. The zero-order chi connectivity index (χ0) is 11.6. The van der Waals surface area contributed by atoms with Gasteiger partial charge in [0.2, 0.25) is 0 Å². The molecule has 92 valence electrons. The third-order valence-corrected chi connectivity index (χ3v) is 1.47. The van der Waals surface area contributed by atoms with E-state index in [1.165, 1.54) is 0 Å². The van der Waals surface area contributed by atoms with Crippen molar-refractivity contribution in [2.45, 2.75) is 19.5 Å². The van der Waals surface area contributed by atoms with Crippen molar-refractivity contribution in [2.75, 3.05) is 39.5 Å². The first kappa shape index (κ1) is 14.7. The number of alkyl halides is 3. The monoisotopic (exact) mass is 229 g/mol. The third kappa shape index (κ3) is 13.7. The van der Waals surface area contributed by atoms with Gasteiger partial charge in [0.1, 0.15) is 0 Å². The predicted octanol–water partition coefficient (Wildman–Crippen LogP) is 1.58. The van der Waals surface area contributed by atoms with Crippen molar-refractivity contribution in [3.05, 3.63) is 0 Å². The first-order chi connectivity index (χ1) is 7.06. The second kappa shape index (κ2) is 8.94. The molecule has 0 aliphatic rings. The lowest BCUT2D eigenvalue weighted by atomic mass is 10.5. The first-order valence-corrected chi connectivity index (χ1v) is 4.99. The highest BCUT2D eigenvalue weighted by molar-refractivity contribution is 4.54. The van der Waals surface area contributed by atoms with Crippen LogP contribution in [0.25, 0.3) is 0 Å². The molecule has 0 heterocycles. The average molecular weight is 229 g/mol. The second-order valence-corrected chi connectivity index (χ2v) is 3.02. The topological polar surface area (TPSA) is 30.5 Å². The fraction of sp³-hybridized carbons (Fsp3) is 1.00. The lowest BCUT2D eigenvalue weighted by Crippen LogP contribution is -2.31. The SMILES string of the molecule is CCCOCCOCCNCC(F)(F)F. The van der Waals surface area contributed by atoms with Gasteiger partial charge in [0.15, 0.2) is 0 Å². The third-order valence-electron chi connectivity index (χ3n) is 1.47. The summed E-state index contributed by atoms with van der Waals surface area (Å²) in [4.78, 5) is 0. The Bertz CT molecular complexity index is 142. The molecule has 15 heavy (non-hydrogen) atoms. The molecule has 0 aromatic carbocycles. The first-order valence-electron chi connectivity index (χ1n) is 4.99. The van der Waals surface area contributed by atoms with E-state index in [2.05, 4.69) is 5.32 Å². The van der Waals surface area contributed by atoms with Crippen LogP contribution in [0.1, 0.15) is 13.3 Å². The van der Waals surface area contributed by atoms with Crippen LogP contribution in [-0.4, -0.2) is 45.7 Å². The molecule has 1 N–H and O–H groups in total. The highest BCUT2D eigenvalue weighted by Crippen LogP contribution is 2.11.